The van der Waals surface area contributed by atoms with Crippen LogP contribution in [-0.4, -0.2) is 22.1 Å². The van der Waals surface area contributed by atoms with Crippen molar-refractivity contribution in [2.75, 3.05) is 5.75 Å². The Kier molecular flexibility index (Phi) is 6.30. The standard InChI is InChI=1S/C8H13ClO2S/c1-6(2)7(8(10)11)12-5-3-4-9/h3-4,6-7H,5H2,1-2H3,(H,10,11)/b4-3+. The quantitative estimate of drug-likeness (QED) is 0.755. The van der Waals surface area contributed by atoms with Gasteiger partial charge in [0, 0.05) is 11.3 Å². The van der Waals surface area contributed by atoms with Crippen LogP contribution in [0.15, 0.2) is 11.6 Å². The Morgan fingerprint density at radius 3 is 2.58 bits per heavy atom. The normalized spacial score (nSPS) is 14.0. The lowest BCUT2D eigenvalue weighted by Gasteiger charge is -2.13. The van der Waals surface area contributed by atoms with Crippen molar-refractivity contribution >= 4 is 29.3 Å². The predicted molar refractivity (Wildman–Crippen MR) is 53.7 cm³/mol. The Hall–Kier alpha value is -0.150. The van der Waals surface area contributed by atoms with E-state index in [0.717, 1.165) is 0 Å². The fourth-order valence-electron chi connectivity index (χ4n) is 0.744. The molecule has 0 aliphatic carbocycles. The van der Waals surface area contributed by atoms with Gasteiger partial charge in [-0.25, -0.2) is 0 Å². The number of carboxylic acids is 1. The highest BCUT2D eigenvalue weighted by Crippen LogP contribution is 2.19. The van der Waals surface area contributed by atoms with Gasteiger partial charge in [-0.2, -0.15) is 0 Å². The second kappa shape index (κ2) is 6.38. The van der Waals surface area contributed by atoms with Crippen LogP contribution in [0.5, 0.6) is 0 Å². The predicted octanol–water partition coefficient (Wildman–Crippen LogP) is 2.58. The van der Waals surface area contributed by atoms with Crippen molar-refractivity contribution < 1.29 is 9.90 Å². The maximum Gasteiger partial charge on any atom is 0.316 e. The Bertz CT molecular complexity index is 168. The van der Waals surface area contributed by atoms with Crippen LogP contribution >= 0.6 is 23.4 Å². The molecule has 70 valence electrons. The molecule has 1 unspecified atom stereocenters. The Labute approximate surface area is 82.0 Å². The van der Waals surface area contributed by atoms with E-state index in [4.69, 9.17) is 16.7 Å². The summed E-state index contributed by atoms with van der Waals surface area (Å²) in [4.78, 5) is 10.7. The fourth-order valence-corrected chi connectivity index (χ4v) is 1.88. The molecule has 0 rings (SSSR count). The van der Waals surface area contributed by atoms with Gasteiger partial charge in [0.1, 0.15) is 5.25 Å². The van der Waals surface area contributed by atoms with Crippen LogP contribution in [0.1, 0.15) is 13.8 Å². The molecule has 0 amide bonds. The van der Waals surface area contributed by atoms with Gasteiger partial charge in [-0.05, 0) is 5.92 Å². The number of hydrogen-bond acceptors (Lipinski definition) is 2. The summed E-state index contributed by atoms with van der Waals surface area (Å²) in [7, 11) is 0. The molecule has 12 heavy (non-hydrogen) atoms. The summed E-state index contributed by atoms with van der Waals surface area (Å²) in [6.45, 7) is 3.80. The van der Waals surface area contributed by atoms with Crippen LogP contribution in [0.3, 0.4) is 0 Å². The summed E-state index contributed by atoms with van der Waals surface area (Å²) in [6, 6.07) is 0. The van der Waals surface area contributed by atoms with Gasteiger partial charge >= 0.3 is 5.97 Å². The molecule has 0 heterocycles. The van der Waals surface area contributed by atoms with Gasteiger partial charge in [-0.3, -0.25) is 4.79 Å². The maximum atomic E-state index is 10.7. The van der Waals surface area contributed by atoms with Crippen molar-refractivity contribution in [3.8, 4) is 0 Å². The van der Waals surface area contributed by atoms with Crippen molar-refractivity contribution in [2.24, 2.45) is 5.92 Å². The Balaban J connectivity index is 3.88. The van der Waals surface area contributed by atoms with Crippen LogP contribution in [0.2, 0.25) is 0 Å². The van der Waals surface area contributed by atoms with Crippen LogP contribution in [0.25, 0.3) is 0 Å². The molecular weight excluding hydrogens is 196 g/mol. The van der Waals surface area contributed by atoms with E-state index in [2.05, 4.69) is 0 Å². The minimum atomic E-state index is -0.752. The number of rotatable bonds is 5. The SMILES string of the molecule is CC(C)C(SC/C=C/Cl)C(=O)O. The van der Waals surface area contributed by atoms with Gasteiger partial charge in [-0.1, -0.05) is 31.5 Å². The number of carboxylic acid groups (broad SMARTS) is 1. The van der Waals surface area contributed by atoms with Crippen molar-refractivity contribution in [1.82, 2.24) is 0 Å². The second-order valence-corrected chi connectivity index (χ2v) is 4.12. The first-order chi connectivity index (χ1) is 5.59. The minimum Gasteiger partial charge on any atom is -0.480 e. The third-order valence-electron chi connectivity index (χ3n) is 1.31. The molecule has 0 aliphatic heterocycles. The second-order valence-electron chi connectivity index (χ2n) is 2.70. The van der Waals surface area contributed by atoms with Crippen molar-refractivity contribution in [3.05, 3.63) is 11.6 Å². The zero-order valence-corrected chi connectivity index (χ0v) is 8.73. The van der Waals surface area contributed by atoms with Gasteiger partial charge in [-0.15, -0.1) is 11.8 Å². The molecule has 0 bridgehead atoms. The summed E-state index contributed by atoms with van der Waals surface area (Å²) in [5, 5.41) is 8.43. The van der Waals surface area contributed by atoms with E-state index in [1.54, 1.807) is 6.08 Å². The molecular formula is C8H13ClO2S. The maximum absolute atomic E-state index is 10.7. The summed E-state index contributed by atoms with van der Waals surface area (Å²) < 4.78 is 0. The molecule has 0 fully saturated rings. The molecule has 4 heteroatoms. The molecule has 0 spiro atoms. The molecule has 0 aliphatic rings. The van der Waals surface area contributed by atoms with Gasteiger partial charge in [0.05, 0.1) is 0 Å². The third kappa shape index (κ3) is 4.67. The molecule has 0 saturated carbocycles. The van der Waals surface area contributed by atoms with Crippen molar-refractivity contribution in [2.45, 2.75) is 19.1 Å². The van der Waals surface area contributed by atoms with E-state index in [9.17, 15) is 4.79 Å². The molecule has 0 aromatic carbocycles. The largest absolute Gasteiger partial charge is 0.480 e. The summed E-state index contributed by atoms with van der Waals surface area (Å²) in [6.07, 6.45) is 1.74. The number of carbonyl (C=O) groups is 1. The van der Waals surface area contributed by atoms with E-state index in [0.29, 0.717) is 5.75 Å². The van der Waals surface area contributed by atoms with Gasteiger partial charge < -0.3 is 5.11 Å². The first-order valence-corrected chi connectivity index (χ1v) is 5.17. The smallest absolute Gasteiger partial charge is 0.316 e. The molecule has 0 aromatic heterocycles. The summed E-state index contributed by atoms with van der Waals surface area (Å²) in [5.41, 5.74) is 1.41. The van der Waals surface area contributed by atoms with E-state index < -0.39 is 5.97 Å². The number of hydrogen-bond donors (Lipinski definition) is 1. The zero-order chi connectivity index (χ0) is 9.56. The van der Waals surface area contributed by atoms with Crippen LogP contribution in [-0.2, 0) is 4.79 Å². The van der Waals surface area contributed by atoms with E-state index >= 15 is 0 Å². The average molecular weight is 209 g/mol. The molecule has 0 radical (unpaired) electrons. The number of aliphatic carboxylic acids is 1. The van der Waals surface area contributed by atoms with Crippen LogP contribution in [0.4, 0.5) is 0 Å². The van der Waals surface area contributed by atoms with Gasteiger partial charge in [0.2, 0.25) is 0 Å². The first kappa shape index (κ1) is 11.8. The molecule has 1 N–H and O–H groups in total. The minimum absolute atomic E-state index is 0.149. The van der Waals surface area contributed by atoms with Crippen molar-refractivity contribution in [3.63, 3.8) is 0 Å². The van der Waals surface area contributed by atoms with Crippen LogP contribution in [0, 0.1) is 5.92 Å². The van der Waals surface area contributed by atoms with Gasteiger partial charge in [0.25, 0.3) is 0 Å². The highest BCUT2D eigenvalue weighted by molar-refractivity contribution is 8.00. The number of thioether (sulfide) groups is 1. The first-order valence-electron chi connectivity index (χ1n) is 3.69. The lowest BCUT2D eigenvalue weighted by molar-refractivity contribution is -0.137. The molecule has 0 aromatic rings. The molecule has 0 saturated heterocycles. The van der Waals surface area contributed by atoms with Crippen LogP contribution < -0.4 is 0 Å². The highest BCUT2D eigenvalue weighted by atomic mass is 35.5. The van der Waals surface area contributed by atoms with E-state index in [1.165, 1.54) is 17.3 Å². The summed E-state index contributed by atoms with van der Waals surface area (Å²) in [5.74, 6) is 0.0488. The lowest BCUT2D eigenvalue weighted by atomic mass is 10.1. The monoisotopic (exact) mass is 208 g/mol. The van der Waals surface area contributed by atoms with E-state index in [-0.39, 0.29) is 11.2 Å². The average Bonchev–Trinajstić information content (AvgIpc) is 1.96. The topological polar surface area (TPSA) is 37.3 Å². The zero-order valence-electron chi connectivity index (χ0n) is 7.16. The Morgan fingerprint density at radius 1 is 1.67 bits per heavy atom. The molecule has 2 nitrogen and oxygen atoms in total. The fraction of sp³-hybridized carbons (Fsp3) is 0.625. The number of halogens is 1. The van der Waals surface area contributed by atoms with Crippen molar-refractivity contribution in [1.29, 1.82) is 0 Å². The summed E-state index contributed by atoms with van der Waals surface area (Å²) >= 11 is 6.69. The third-order valence-corrected chi connectivity index (χ3v) is 2.98. The van der Waals surface area contributed by atoms with Gasteiger partial charge in [0.15, 0.2) is 0 Å². The Morgan fingerprint density at radius 2 is 2.25 bits per heavy atom. The van der Waals surface area contributed by atoms with E-state index in [1.807, 2.05) is 13.8 Å². The highest BCUT2D eigenvalue weighted by Gasteiger charge is 2.20. The molecule has 1 atom stereocenters. The lowest BCUT2D eigenvalue weighted by Crippen LogP contribution is -2.22.